The smallest absolute Gasteiger partial charge is 0.186 e. The zero-order valence-electron chi connectivity index (χ0n) is 12.7. The second-order valence-corrected chi connectivity index (χ2v) is 6.30. The van der Waals surface area contributed by atoms with E-state index in [1.54, 1.807) is 7.11 Å². The average Bonchev–Trinajstić information content (AvgIpc) is 3.04. The van der Waals surface area contributed by atoms with E-state index >= 15 is 0 Å². The number of benzene rings is 1. The lowest BCUT2D eigenvalue weighted by Gasteiger charge is -2.27. The second-order valence-electron chi connectivity index (χ2n) is 6.30. The molecule has 1 fully saturated rings. The maximum Gasteiger partial charge on any atom is 0.186 e. The topological polar surface area (TPSA) is 78.8 Å². The van der Waals surface area contributed by atoms with Gasteiger partial charge in [0.25, 0.3) is 0 Å². The largest absolute Gasteiger partial charge is 0.496 e. The Hall–Kier alpha value is -2.11. The number of anilines is 1. The molecule has 0 spiro atoms. The number of hydrogen-bond donors (Lipinski definition) is 1. The van der Waals surface area contributed by atoms with Gasteiger partial charge in [0.2, 0.25) is 0 Å². The van der Waals surface area contributed by atoms with Gasteiger partial charge in [0, 0.05) is 5.69 Å². The molecule has 6 nitrogen and oxygen atoms in total. The lowest BCUT2D eigenvalue weighted by molar-refractivity contribution is 0.242. The van der Waals surface area contributed by atoms with Crippen molar-refractivity contribution in [3.63, 3.8) is 0 Å². The molecule has 0 radical (unpaired) electrons. The Kier molecular flexibility index (Phi) is 3.31. The van der Waals surface area contributed by atoms with Crippen molar-refractivity contribution in [2.75, 3.05) is 12.8 Å². The number of methoxy groups -OCH3 is 1. The Bertz CT molecular complexity index is 649. The van der Waals surface area contributed by atoms with E-state index in [4.69, 9.17) is 10.5 Å². The molecule has 1 aliphatic rings. The van der Waals surface area contributed by atoms with Crippen LogP contribution in [0.4, 0.5) is 5.69 Å². The van der Waals surface area contributed by atoms with Gasteiger partial charge in [-0.2, -0.15) is 0 Å². The molecule has 1 unspecified atom stereocenters. The molecule has 0 bridgehead atoms. The summed E-state index contributed by atoms with van der Waals surface area (Å²) in [4.78, 5) is 0. The summed E-state index contributed by atoms with van der Waals surface area (Å²) < 4.78 is 7.36. The van der Waals surface area contributed by atoms with Gasteiger partial charge < -0.3 is 10.5 Å². The van der Waals surface area contributed by atoms with Crippen molar-refractivity contribution in [2.24, 2.45) is 5.41 Å². The second kappa shape index (κ2) is 5.02. The Balaban J connectivity index is 2.10. The fourth-order valence-corrected chi connectivity index (χ4v) is 3.24. The zero-order chi connectivity index (χ0) is 15.0. The molecule has 0 saturated heterocycles. The fourth-order valence-electron chi connectivity index (χ4n) is 3.24. The third-order valence-corrected chi connectivity index (χ3v) is 4.45. The minimum absolute atomic E-state index is 0.192. The molecule has 1 aromatic carbocycles. The van der Waals surface area contributed by atoms with E-state index in [1.165, 1.54) is 12.8 Å². The standard InChI is InChI=1S/C15H21N5O/c1-15(2)8-4-5-13(15)20-14(17-18-19-20)11-9-10(16)6-7-12(11)21-3/h6-7,9,13H,4-5,8,16H2,1-3H3. The van der Waals surface area contributed by atoms with Crippen LogP contribution < -0.4 is 10.5 Å². The predicted octanol–water partition coefficient (Wildman–Crippen LogP) is 2.68. The first-order valence-corrected chi connectivity index (χ1v) is 7.24. The van der Waals surface area contributed by atoms with E-state index in [1.807, 2.05) is 22.9 Å². The number of aromatic nitrogens is 4. The number of nitrogens with zero attached hydrogens (tertiary/aromatic N) is 4. The van der Waals surface area contributed by atoms with E-state index in [2.05, 4.69) is 29.4 Å². The number of tetrazole rings is 1. The summed E-state index contributed by atoms with van der Waals surface area (Å²) in [6, 6.07) is 5.83. The van der Waals surface area contributed by atoms with Crippen LogP contribution in [0.15, 0.2) is 18.2 Å². The molecule has 112 valence electrons. The van der Waals surface area contributed by atoms with Crippen molar-refractivity contribution in [1.82, 2.24) is 20.2 Å². The van der Waals surface area contributed by atoms with Gasteiger partial charge in [-0.1, -0.05) is 20.3 Å². The van der Waals surface area contributed by atoms with Crippen molar-refractivity contribution >= 4 is 5.69 Å². The van der Waals surface area contributed by atoms with Crippen LogP contribution in [0.3, 0.4) is 0 Å². The minimum atomic E-state index is 0.192. The van der Waals surface area contributed by atoms with Crippen LogP contribution in [0.5, 0.6) is 5.75 Å². The number of nitrogens with two attached hydrogens (primary N) is 1. The fraction of sp³-hybridized carbons (Fsp3) is 0.533. The Labute approximate surface area is 124 Å². The van der Waals surface area contributed by atoms with E-state index in [0.717, 1.165) is 23.6 Å². The van der Waals surface area contributed by atoms with E-state index in [9.17, 15) is 0 Å². The first-order chi connectivity index (χ1) is 10.0. The third kappa shape index (κ3) is 2.34. The summed E-state index contributed by atoms with van der Waals surface area (Å²) in [7, 11) is 1.64. The molecule has 1 atom stereocenters. The van der Waals surface area contributed by atoms with E-state index in [0.29, 0.717) is 11.7 Å². The van der Waals surface area contributed by atoms with Crippen molar-refractivity contribution in [3.8, 4) is 17.1 Å². The summed E-state index contributed by atoms with van der Waals surface area (Å²) in [6.07, 6.45) is 3.48. The first-order valence-electron chi connectivity index (χ1n) is 7.24. The molecular weight excluding hydrogens is 266 g/mol. The SMILES string of the molecule is COc1ccc(N)cc1-c1nnnn1C1CCCC1(C)C. The molecular formula is C15H21N5O. The molecule has 1 aromatic heterocycles. The molecule has 0 aliphatic heterocycles. The monoisotopic (exact) mass is 287 g/mol. The molecule has 1 heterocycles. The van der Waals surface area contributed by atoms with Crippen LogP contribution in [0.2, 0.25) is 0 Å². The molecule has 3 rings (SSSR count). The predicted molar refractivity (Wildman–Crippen MR) is 80.9 cm³/mol. The lowest BCUT2D eigenvalue weighted by atomic mass is 9.87. The van der Waals surface area contributed by atoms with Crippen LogP contribution in [-0.4, -0.2) is 27.3 Å². The van der Waals surface area contributed by atoms with Crippen LogP contribution in [-0.2, 0) is 0 Å². The summed E-state index contributed by atoms with van der Waals surface area (Å²) >= 11 is 0. The minimum Gasteiger partial charge on any atom is -0.496 e. The van der Waals surface area contributed by atoms with Crippen molar-refractivity contribution < 1.29 is 4.74 Å². The Morgan fingerprint density at radius 3 is 2.86 bits per heavy atom. The highest BCUT2D eigenvalue weighted by atomic mass is 16.5. The molecule has 1 saturated carbocycles. The van der Waals surface area contributed by atoms with Crippen LogP contribution >= 0.6 is 0 Å². The van der Waals surface area contributed by atoms with Crippen molar-refractivity contribution in [3.05, 3.63) is 18.2 Å². The van der Waals surface area contributed by atoms with Gasteiger partial charge in [-0.25, -0.2) is 4.68 Å². The van der Waals surface area contributed by atoms with E-state index < -0.39 is 0 Å². The zero-order valence-corrected chi connectivity index (χ0v) is 12.7. The molecule has 21 heavy (non-hydrogen) atoms. The van der Waals surface area contributed by atoms with Gasteiger partial charge in [-0.3, -0.25) is 0 Å². The van der Waals surface area contributed by atoms with Gasteiger partial charge >= 0.3 is 0 Å². The highest BCUT2D eigenvalue weighted by molar-refractivity contribution is 5.68. The van der Waals surface area contributed by atoms with Crippen molar-refractivity contribution in [2.45, 2.75) is 39.2 Å². The Morgan fingerprint density at radius 1 is 1.38 bits per heavy atom. The van der Waals surface area contributed by atoms with Crippen LogP contribution in [0.1, 0.15) is 39.2 Å². The summed E-state index contributed by atoms with van der Waals surface area (Å²) in [5.74, 6) is 1.45. The van der Waals surface area contributed by atoms with Crippen LogP contribution in [0.25, 0.3) is 11.4 Å². The highest BCUT2D eigenvalue weighted by Gasteiger charge is 2.38. The number of hydrogen-bond acceptors (Lipinski definition) is 5. The summed E-state index contributed by atoms with van der Waals surface area (Å²) in [5.41, 5.74) is 7.61. The third-order valence-electron chi connectivity index (χ3n) is 4.45. The van der Waals surface area contributed by atoms with Gasteiger partial charge in [0.1, 0.15) is 5.75 Å². The average molecular weight is 287 g/mol. The summed E-state index contributed by atoms with van der Waals surface area (Å²) in [6.45, 7) is 4.54. The quantitative estimate of drug-likeness (QED) is 0.878. The maximum atomic E-state index is 5.91. The van der Waals surface area contributed by atoms with Crippen molar-refractivity contribution in [1.29, 1.82) is 0 Å². The van der Waals surface area contributed by atoms with Gasteiger partial charge in [-0.15, -0.1) is 5.10 Å². The molecule has 0 amide bonds. The molecule has 6 heteroatoms. The highest BCUT2D eigenvalue weighted by Crippen LogP contribution is 2.47. The summed E-state index contributed by atoms with van der Waals surface area (Å²) in [5, 5.41) is 12.3. The van der Waals surface area contributed by atoms with Gasteiger partial charge in [-0.05, 0) is 46.9 Å². The maximum absolute atomic E-state index is 5.91. The van der Waals surface area contributed by atoms with Gasteiger partial charge in [0.15, 0.2) is 5.82 Å². The number of rotatable bonds is 3. The number of ether oxygens (including phenoxy) is 1. The molecule has 2 N–H and O–H groups in total. The normalized spacial score (nSPS) is 20.6. The molecule has 1 aliphatic carbocycles. The first kappa shape index (κ1) is 13.9. The van der Waals surface area contributed by atoms with E-state index in [-0.39, 0.29) is 5.41 Å². The Morgan fingerprint density at radius 2 is 2.19 bits per heavy atom. The molecule has 2 aromatic rings. The lowest BCUT2D eigenvalue weighted by Crippen LogP contribution is -2.23. The van der Waals surface area contributed by atoms with Crippen LogP contribution in [0, 0.1) is 5.41 Å². The van der Waals surface area contributed by atoms with Gasteiger partial charge in [0.05, 0.1) is 18.7 Å². The number of nitrogen functional groups attached to an aromatic ring is 1.